The highest BCUT2D eigenvalue weighted by molar-refractivity contribution is 6.31. The van der Waals surface area contributed by atoms with Crippen LogP contribution in [0.15, 0.2) is 54.6 Å². The number of primary amides is 1. The fourth-order valence-electron chi connectivity index (χ4n) is 4.83. The van der Waals surface area contributed by atoms with Crippen molar-refractivity contribution in [3.05, 3.63) is 70.7 Å². The molecule has 0 radical (unpaired) electrons. The summed E-state index contributed by atoms with van der Waals surface area (Å²) in [5.41, 5.74) is 7.54. The molecule has 1 unspecified atom stereocenters. The standard InChI is InChI=1S/C27H38ClN3O/c1-22(2)31(21-23-11-5-3-6-12-23)20-16-27(26(29)32,24-13-7-8-14-25(24)28)15-19-30-17-9-4-10-18-30/h3,5-8,11-14,22H,4,9-10,15-21H2,1-2H3,(H2,29,32). The maximum absolute atomic E-state index is 13.1. The Morgan fingerprint density at radius 1 is 1.03 bits per heavy atom. The Hall–Kier alpha value is -1.88. The van der Waals surface area contributed by atoms with Crippen LogP contribution in [0.2, 0.25) is 5.02 Å². The highest BCUT2D eigenvalue weighted by Crippen LogP contribution is 2.37. The first-order chi connectivity index (χ1) is 15.4. The molecule has 0 spiro atoms. The van der Waals surface area contributed by atoms with Crippen molar-refractivity contribution >= 4 is 17.5 Å². The van der Waals surface area contributed by atoms with E-state index in [2.05, 4.69) is 47.9 Å². The number of hydrogen-bond acceptors (Lipinski definition) is 3. The minimum Gasteiger partial charge on any atom is -0.369 e. The molecule has 1 saturated heterocycles. The number of benzene rings is 2. The van der Waals surface area contributed by atoms with Crippen molar-refractivity contribution in [3.63, 3.8) is 0 Å². The molecular formula is C27H38ClN3O. The molecule has 1 fully saturated rings. The average molecular weight is 456 g/mol. The van der Waals surface area contributed by atoms with Crippen molar-refractivity contribution in [2.75, 3.05) is 26.2 Å². The number of amides is 1. The Labute approximate surface area is 198 Å². The van der Waals surface area contributed by atoms with Crippen LogP contribution in [-0.4, -0.2) is 47.9 Å². The van der Waals surface area contributed by atoms with Gasteiger partial charge in [0.15, 0.2) is 0 Å². The van der Waals surface area contributed by atoms with E-state index in [-0.39, 0.29) is 5.91 Å². The van der Waals surface area contributed by atoms with Gasteiger partial charge in [0, 0.05) is 24.2 Å². The molecule has 0 aliphatic carbocycles. The predicted molar refractivity (Wildman–Crippen MR) is 134 cm³/mol. The SMILES string of the molecule is CC(C)N(CCC(CCN1CCCCC1)(C(N)=O)c1ccccc1Cl)Cc1ccccc1. The third-order valence-electron chi connectivity index (χ3n) is 6.95. The maximum Gasteiger partial charge on any atom is 0.228 e. The van der Waals surface area contributed by atoms with E-state index in [1.807, 2.05) is 30.3 Å². The highest BCUT2D eigenvalue weighted by Gasteiger charge is 2.40. The summed E-state index contributed by atoms with van der Waals surface area (Å²) in [6, 6.07) is 18.6. The molecular weight excluding hydrogens is 418 g/mol. The van der Waals surface area contributed by atoms with Crippen LogP contribution in [0.1, 0.15) is 57.1 Å². The minimum atomic E-state index is -0.778. The molecule has 1 amide bonds. The molecule has 2 N–H and O–H groups in total. The van der Waals surface area contributed by atoms with Crippen molar-refractivity contribution in [1.82, 2.24) is 9.80 Å². The summed E-state index contributed by atoms with van der Waals surface area (Å²) in [7, 11) is 0. The van der Waals surface area contributed by atoms with Crippen LogP contribution >= 0.6 is 11.6 Å². The first-order valence-corrected chi connectivity index (χ1v) is 12.4. The van der Waals surface area contributed by atoms with Crippen molar-refractivity contribution in [2.24, 2.45) is 5.73 Å². The van der Waals surface area contributed by atoms with Crippen molar-refractivity contribution in [1.29, 1.82) is 0 Å². The molecule has 1 atom stereocenters. The molecule has 1 aliphatic heterocycles. The van der Waals surface area contributed by atoms with Gasteiger partial charge in [0.05, 0.1) is 5.41 Å². The molecule has 2 aromatic carbocycles. The van der Waals surface area contributed by atoms with Gasteiger partial charge in [-0.1, -0.05) is 66.6 Å². The average Bonchev–Trinajstić information content (AvgIpc) is 2.80. The summed E-state index contributed by atoms with van der Waals surface area (Å²) in [6.07, 6.45) is 5.11. The van der Waals surface area contributed by atoms with E-state index in [0.29, 0.717) is 23.9 Å². The second-order valence-corrected chi connectivity index (χ2v) is 9.79. The monoisotopic (exact) mass is 455 g/mol. The number of nitrogens with two attached hydrogens (primary N) is 1. The largest absolute Gasteiger partial charge is 0.369 e. The number of rotatable bonds is 11. The molecule has 174 valence electrons. The Morgan fingerprint density at radius 2 is 1.69 bits per heavy atom. The number of hydrogen-bond donors (Lipinski definition) is 1. The van der Waals surface area contributed by atoms with Gasteiger partial charge in [0.2, 0.25) is 5.91 Å². The lowest BCUT2D eigenvalue weighted by Crippen LogP contribution is -2.47. The number of piperidine rings is 1. The van der Waals surface area contributed by atoms with Crippen LogP contribution in [0, 0.1) is 0 Å². The van der Waals surface area contributed by atoms with Crippen LogP contribution in [0.25, 0.3) is 0 Å². The second kappa shape index (κ2) is 11.8. The van der Waals surface area contributed by atoms with Gasteiger partial charge < -0.3 is 10.6 Å². The van der Waals surface area contributed by atoms with E-state index >= 15 is 0 Å². The molecule has 1 aliphatic rings. The zero-order valence-electron chi connectivity index (χ0n) is 19.6. The van der Waals surface area contributed by atoms with Gasteiger partial charge in [0.25, 0.3) is 0 Å². The van der Waals surface area contributed by atoms with Gasteiger partial charge in [-0.2, -0.15) is 0 Å². The number of likely N-dealkylation sites (tertiary alicyclic amines) is 1. The van der Waals surface area contributed by atoms with Gasteiger partial charge in [-0.15, -0.1) is 0 Å². The first kappa shape index (κ1) is 24.8. The van der Waals surface area contributed by atoms with Crippen LogP contribution in [0.4, 0.5) is 0 Å². The zero-order valence-corrected chi connectivity index (χ0v) is 20.4. The third kappa shape index (κ3) is 6.34. The lowest BCUT2D eigenvalue weighted by molar-refractivity contribution is -0.124. The second-order valence-electron chi connectivity index (χ2n) is 9.38. The fraction of sp³-hybridized carbons (Fsp3) is 0.519. The van der Waals surface area contributed by atoms with Gasteiger partial charge in [-0.3, -0.25) is 9.69 Å². The van der Waals surface area contributed by atoms with Gasteiger partial charge >= 0.3 is 0 Å². The van der Waals surface area contributed by atoms with E-state index in [4.69, 9.17) is 17.3 Å². The lowest BCUT2D eigenvalue weighted by atomic mass is 9.73. The minimum absolute atomic E-state index is 0.272. The summed E-state index contributed by atoms with van der Waals surface area (Å²) in [4.78, 5) is 18.0. The van der Waals surface area contributed by atoms with Gasteiger partial charge in [-0.25, -0.2) is 0 Å². The maximum atomic E-state index is 13.1. The Morgan fingerprint density at radius 3 is 2.31 bits per heavy atom. The topological polar surface area (TPSA) is 49.6 Å². The van der Waals surface area contributed by atoms with E-state index in [1.165, 1.54) is 24.8 Å². The smallest absolute Gasteiger partial charge is 0.228 e. The summed E-state index contributed by atoms with van der Waals surface area (Å²) >= 11 is 6.65. The normalized spacial score (nSPS) is 16.9. The number of nitrogens with zero attached hydrogens (tertiary/aromatic N) is 2. The number of carbonyl (C=O) groups excluding carboxylic acids is 1. The van der Waals surface area contributed by atoms with Crippen molar-refractivity contribution in [2.45, 2.75) is 64.0 Å². The van der Waals surface area contributed by atoms with E-state index in [1.54, 1.807) is 0 Å². The molecule has 1 heterocycles. The van der Waals surface area contributed by atoms with E-state index in [9.17, 15) is 4.79 Å². The lowest BCUT2D eigenvalue weighted by Gasteiger charge is -2.37. The van der Waals surface area contributed by atoms with Crippen molar-refractivity contribution < 1.29 is 4.79 Å². The van der Waals surface area contributed by atoms with E-state index in [0.717, 1.165) is 38.3 Å². The quantitative estimate of drug-likeness (QED) is 0.504. The molecule has 2 aromatic rings. The van der Waals surface area contributed by atoms with Gasteiger partial charge in [-0.05, 0) is 76.4 Å². The zero-order chi connectivity index (χ0) is 23.0. The van der Waals surface area contributed by atoms with Gasteiger partial charge in [0.1, 0.15) is 0 Å². The van der Waals surface area contributed by atoms with Crippen LogP contribution in [0.3, 0.4) is 0 Å². The number of carbonyl (C=O) groups is 1. The summed E-state index contributed by atoms with van der Waals surface area (Å²) in [5, 5.41) is 0.629. The Bertz CT molecular complexity index is 851. The van der Waals surface area contributed by atoms with Crippen LogP contribution < -0.4 is 5.73 Å². The molecule has 0 saturated carbocycles. The summed E-state index contributed by atoms with van der Waals surface area (Å²) in [6.45, 7) is 9.11. The fourth-order valence-corrected chi connectivity index (χ4v) is 5.14. The summed E-state index contributed by atoms with van der Waals surface area (Å²) in [5.74, 6) is -0.272. The van der Waals surface area contributed by atoms with Crippen LogP contribution in [0.5, 0.6) is 0 Å². The molecule has 0 bridgehead atoms. The highest BCUT2D eigenvalue weighted by atomic mass is 35.5. The molecule has 32 heavy (non-hydrogen) atoms. The molecule has 0 aromatic heterocycles. The van der Waals surface area contributed by atoms with E-state index < -0.39 is 5.41 Å². The Kier molecular flexibility index (Phi) is 9.15. The van der Waals surface area contributed by atoms with Crippen molar-refractivity contribution in [3.8, 4) is 0 Å². The predicted octanol–water partition coefficient (Wildman–Crippen LogP) is 5.24. The Balaban J connectivity index is 1.84. The van der Waals surface area contributed by atoms with Crippen LogP contribution in [-0.2, 0) is 16.8 Å². The molecule has 3 rings (SSSR count). The summed E-state index contributed by atoms with van der Waals surface area (Å²) < 4.78 is 0. The number of halogens is 1. The molecule has 5 heteroatoms. The third-order valence-corrected chi connectivity index (χ3v) is 7.28. The molecule has 4 nitrogen and oxygen atoms in total. The first-order valence-electron chi connectivity index (χ1n) is 12.0.